The van der Waals surface area contributed by atoms with Crippen LogP contribution in [0.2, 0.25) is 0 Å². The number of nitrogens with zero attached hydrogens (tertiary/aromatic N) is 7. The Morgan fingerprint density at radius 1 is 1.18 bits per heavy atom. The van der Waals surface area contributed by atoms with Gasteiger partial charge < -0.3 is 20.3 Å². The second kappa shape index (κ2) is 8.42. The maximum Gasteiger partial charge on any atom is 0.228 e. The standard InChI is InChI=1S/C27H26F2N8OS/c1-35(2)25-19-15-10-38-9-14(15)17(21-18-13(7-30)24(31)39-23(18)16(28)8-32-21)20(29)22(19)33-26(34-25)37-11-27(12-37)5-4-6-36(27)3/h8H,4-6,9-12,31H2,1-3H3. The molecular formula is C27H26F2N8OS. The zero-order valence-electron chi connectivity index (χ0n) is 21.8. The summed E-state index contributed by atoms with van der Waals surface area (Å²) < 4.78 is 37.5. The summed E-state index contributed by atoms with van der Waals surface area (Å²) in [6.45, 7) is 3.03. The van der Waals surface area contributed by atoms with E-state index < -0.39 is 11.6 Å². The molecule has 39 heavy (non-hydrogen) atoms. The molecule has 12 heteroatoms. The fourth-order valence-corrected chi connectivity index (χ4v) is 7.30. The fraction of sp³-hybridized carbons (Fsp3) is 0.407. The molecule has 6 heterocycles. The van der Waals surface area contributed by atoms with E-state index >= 15 is 4.39 Å². The number of hydrogen-bond donors (Lipinski definition) is 1. The summed E-state index contributed by atoms with van der Waals surface area (Å²) in [6.07, 6.45) is 3.33. The monoisotopic (exact) mass is 548 g/mol. The van der Waals surface area contributed by atoms with E-state index in [1.54, 1.807) is 0 Å². The summed E-state index contributed by atoms with van der Waals surface area (Å²) >= 11 is 0.958. The molecule has 1 aromatic carbocycles. The first kappa shape index (κ1) is 24.4. The van der Waals surface area contributed by atoms with E-state index in [4.69, 9.17) is 20.4 Å². The number of anilines is 3. The van der Waals surface area contributed by atoms with Gasteiger partial charge in [0.15, 0.2) is 11.6 Å². The van der Waals surface area contributed by atoms with Gasteiger partial charge in [-0.15, -0.1) is 11.3 Å². The topological polar surface area (TPSA) is 107 Å². The highest BCUT2D eigenvalue weighted by atomic mass is 32.1. The van der Waals surface area contributed by atoms with Crippen molar-refractivity contribution in [2.45, 2.75) is 31.6 Å². The lowest BCUT2D eigenvalue weighted by Gasteiger charge is -2.52. The predicted molar refractivity (Wildman–Crippen MR) is 147 cm³/mol. The Balaban J connectivity index is 1.49. The van der Waals surface area contributed by atoms with Gasteiger partial charge in [0.05, 0.1) is 46.3 Å². The van der Waals surface area contributed by atoms with Crippen LogP contribution in [0, 0.1) is 23.0 Å². The Morgan fingerprint density at radius 2 is 1.95 bits per heavy atom. The van der Waals surface area contributed by atoms with Crippen molar-refractivity contribution in [2.24, 2.45) is 0 Å². The number of likely N-dealkylation sites (tertiary alicyclic amines) is 1. The lowest BCUT2D eigenvalue weighted by Crippen LogP contribution is -2.67. The molecule has 3 aliphatic rings. The van der Waals surface area contributed by atoms with E-state index in [9.17, 15) is 9.65 Å². The smallest absolute Gasteiger partial charge is 0.228 e. The number of benzene rings is 1. The third-order valence-corrected chi connectivity index (χ3v) is 9.46. The van der Waals surface area contributed by atoms with Gasteiger partial charge in [-0.1, -0.05) is 0 Å². The van der Waals surface area contributed by atoms with Crippen LogP contribution in [0.1, 0.15) is 29.5 Å². The molecule has 0 aliphatic carbocycles. The molecule has 2 N–H and O–H groups in total. The van der Waals surface area contributed by atoms with E-state index in [0.29, 0.717) is 22.7 Å². The summed E-state index contributed by atoms with van der Waals surface area (Å²) in [5.41, 5.74) is 8.12. The Bertz CT molecular complexity index is 1740. The lowest BCUT2D eigenvalue weighted by atomic mass is 9.87. The van der Waals surface area contributed by atoms with Gasteiger partial charge in [0.25, 0.3) is 0 Å². The second-order valence-electron chi connectivity index (χ2n) is 10.8. The lowest BCUT2D eigenvalue weighted by molar-refractivity contribution is 0.132. The molecule has 0 amide bonds. The Labute approximate surface area is 227 Å². The minimum atomic E-state index is -0.607. The van der Waals surface area contributed by atoms with Crippen LogP contribution in [0.15, 0.2) is 6.20 Å². The fourth-order valence-electron chi connectivity index (χ4n) is 6.38. The number of fused-ring (bicyclic) bond motifs is 4. The number of thiophene rings is 1. The molecule has 200 valence electrons. The van der Waals surface area contributed by atoms with Gasteiger partial charge in [-0.05, 0) is 37.6 Å². The average molecular weight is 549 g/mol. The number of hydrogen-bond acceptors (Lipinski definition) is 10. The number of pyridine rings is 1. The van der Waals surface area contributed by atoms with Crippen LogP contribution in [-0.4, -0.2) is 66.2 Å². The Morgan fingerprint density at radius 3 is 2.64 bits per heavy atom. The predicted octanol–water partition coefficient (Wildman–Crippen LogP) is 4.02. The van der Waals surface area contributed by atoms with Crippen LogP contribution in [0.3, 0.4) is 0 Å². The summed E-state index contributed by atoms with van der Waals surface area (Å²) in [4.78, 5) is 20.3. The molecule has 0 unspecified atom stereocenters. The minimum absolute atomic E-state index is 0.0908. The first-order chi connectivity index (χ1) is 18.7. The van der Waals surface area contributed by atoms with Crippen LogP contribution < -0.4 is 15.5 Å². The minimum Gasteiger partial charge on any atom is -0.389 e. The summed E-state index contributed by atoms with van der Waals surface area (Å²) in [6, 6.07) is 2.05. The van der Waals surface area contributed by atoms with Crippen molar-refractivity contribution in [2.75, 3.05) is 56.3 Å². The molecule has 9 nitrogen and oxygen atoms in total. The maximum absolute atomic E-state index is 16.8. The highest BCUT2D eigenvalue weighted by Crippen LogP contribution is 2.47. The molecule has 7 rings (SSSR count). The maximum atomic E-state index is 16.8. The Kier molecular flexibility index (Phi) is 5.26. The SMILES string of the molecule is CN(C)c1nc(N2CC3(CCCN3C)C2)nc2c(F)c(-c3ncc(F)c4sc(N)c(C#N)c34)c3c(c12)COC3. The van der Waals surface area contributed by atoms with Crippen molar-refractivity contribution in [1.82, 2.24) is 19.9 Å². The third-order valence-electron chi connectivity index (χ3n) is 8.43. The molecule has 0 bridgehead atoms. The zero-order valence-corrected chi connectivity index (χ0v) is 22.6. The van der Waals surface area contributed by atoms with E-state index in [0.717, 1.165) is 55.6 Å². The molecule has 0 saturated carbocycles. The highest BCUT2D eigenvalue weighted by Gasteiger charge is 2.49. The van der Waals surface area contributed by atoms with Crippen LogP contribution in [0.5, 0.6) is 0 Å². The number of halogens is 2. The van der Waals surface area contributed by atoms with Gasteiger partial charge in [-0.25, -0.2) is 13.8 Å². The molecule has 0 radical (unpaired) electrons. The van der Waals surface area contributed by atoms with Gasteiger partial charge in [0.1, 0.15) is 22.4 Å². The van der Waals surface area contributed by atoms with E-state index in [-0.39, 0.29) is 56.2 Å². The number of ether oxygens (including phenoxy) is 1. The Hall–Kier alpha value is -3.66. The van der Waals surface area contributed by atoms with Crippen molar-refractivity contribution < 1.29 is 13.5 Å². The number of nitrogens with two attached hydrogens (primary N) is 1. The van der Waals surface area contributed by atoms with Gasteiger partial charge in [-0.2, -0.15) is 10.2 Å². The van der Waals surface area contributed by atoms with Gasteiger partial charge in [0, 0.05) is 38.1 Å². The first-order valence-electron chi connectivity index (χ1n) is 12.8. The van der Waals surface area contributed by atoms with Gasteiger partial charge >= 0.3 is 0 Å². The molecule has 2 saturated heterocycles. The van der Waals surface area contributed by atoms with Gasteiger partial charge in [-0.3, -0.25) is 9.88 Å². The molecule has 0 atom stereocenters. The van der Waals surface area contributed by atoms with Crippen molar-refractivity contribution in [3.05, 3.63) is 34.5 Å². The molecular weight excluding hydrogens is 522 g/mol. The number of nitrogen functional groups attached to an aromatic ring is 1. The van der Waals surface area contributed by atoms with Crippen LogP contribution in [0.25, 0.3) is 32.2 Å². The zero-order chi connectivity index (χ0) is 27.2. The second-order valence-corrected chi connectivity index (χ2v) is 11.9. The third kappa shape index (κ3) is 3.30. The molecule has 3 aromatic heterocycles. The van der Waals surface area contributed by atoms with Crippen LogP contribution in [0.4, 0.5) is 25.5 Å². The van der Waals surface area contributed by atoms with E-state index in [1.165, 1.54) is 0 Å². The number of aromatic nitrogens is 3. The number of likely N-dealkylation sites (N-methyl/N-ethyl adjacent to an activating group) is 1. The summed E-state index contributed by atoms with van der Waals surface area (Å²) in [5, 5.41) is 10.8. The van der Waals surface area contributed by atoms with Crippen molar-refractivity contribution in [3.63, 3.8) is 0 Å². The largest absolute Gasteiger partial charge is 0.389 e. The molecule has 2 fully saturated rings. The van der Waals surface area contributed by atoms with E-state index in [1.807, 2.05) is 19.0 Å². The van der Waals surface area contributed by atoms with Crippen molar-refractivity contribution >= 4 is 49.1 Å². The number of rotatable bonds is 3. The highest BCUT2D eigenvalue weighted by molar-refractivity contribution is 7.23. The van der Waals surface area contributed by atoms with E-state index in [2.05, 4.69) is 27.9 Å². The quantitative estimate of drug-likeness (QED) is 0.406. The van der Waals surface area contributed by atoms with Gasteiger partial charge in [0.2, 0.25) is 5.95 Å². The summed E-state index contributed by atoms with van der Waals surface area (Å²) in [5.74, 6) is -0.124. The van der Waals surface area contributed by atoms with Crippen molar-refractivity contribution in [1.29, 1.82) is 5.26 Å². The molecule has 3 aliphatic heterocycles. The van der Waals surface area contributed by atoms with Crippen LogP contribution >= 0.6 is 11.3 Å². The number of nitriles is 1. The summed E-state index contributed by atoms with van der Waals surface area (Å²) in [7, 11) is 5.90. The molecule has 1 spiro atoms. The van der Waals surface area contributed by atoms with Crippen molar-refractivity contribution in [3.8, 4) is 17.3 Å². The van der Waals surface area contributed by atoms with Crippen LogP contribution in [-0.2, 0) is 18.0 Å². The normalized spacial score (nSPS) is 18.2. The molecule has 4 aromatic rings. The average Bonchev–Trinajstić information content (AvgIpc) is 3.60. The first-order valence-corrected chi connectivity index (χ1v) is 13.6.